The Morgan fingerprint density at radius 1 is 0.923 bits per heavy atom. The van der Waals surface area contributed by atoms with Gasteiger partial charge in [-0.15, -0.1) is 5.10 Å². The fraction of sp³-hybridized carbons (Fsp3) is 0.194. The van der Waals surface area contributed by atoms with Gasteiger partial charge < -0.3 is 20.2 Å². The highest BCUT2D eigenvalue weighted by Crippen LogP contribution is 2.32. The van der Waals surface area contributed by atoms with Crippen molar-refractivity contribution in [1.82, 2.24) is 25.2 Å². The Morgan fingerprint density at radius 3 is 2.52 bits per heavy atom. The maximum Gasteiger partial charge on any atom is 0.344 e. The maximum atomic E-state index is 13.3. The number of fused-ring (bicyclic) bond motifs is 2. The summed E-state index contributed by atoms with van der Waals surface area (Å²) in [6, 6.07) is 16.2. The van der Waals surface area contributed by atoms with E-state index in [1.54, 1.807) is 42.6 Å². The van der Waals surface area contributed by atoms with E-state index >= 15 is 0 Å². The first kappa shape index (κ1) is 33.5. The first-order chi connectivity index (χ1) is 25.0. The van der Waals surface area contributed by atoms with Crippen molar-refractivity contribution in [3.63, 3.8) is 0 Å². The number of phenolic OH excluding ortho intramolecular Hbond substituents is 1. The fourth-order valence-corrected chi connectivity index (χ4v) is 6.17. The van der Waals surface area contributed by atoms with Gasteiger partial charge in [0.1, 0.15) is 23.9 Å². The third kappa shape index (κ3) is 6.76. The highest BCUT2D eigenvalue weighted by Gasteiger charge is 2.45. The van der Waals surface area contributed by atoms with E-state index in [2.05, 4.69) is 26.3 Å². The molecule has 0 spiro atoms. The molecule has 4 heterocycles. The summed E-state index contributed by atoms with van der Waals surface area (Å²) in [5, 5.41) is 25.9. The molecule has 16 nitrogen and oxygen atoms in total. The molecular formula is C36H29N7O9. The first-order valence-corrected chi connectivity index (χ1v) is 16.2. The molecule has 7 rings (SSSR count). The SMILES string of the molecule is O=C1CCC(N2C(=O)c3cccc(NC(=O)CCCc4cn(CC(=O)Nc5ccc(-c6cc7ccc(O)cc7oc6=O)cc5)nn4)c3C2=O)C(=O)N1. The Balaban J connectivity index is 0.897. The van der Waals surface area contributed by atoms with Crippen LogP contribution in [0.3, 0.4) is 0 Å². The quantitative estimate of drug-likeness (QED) is 0.122. The van der Waals surface area contributed by atoms with Crippen LogP contribution >= 0.6 is 0 Å². The lowest BCUT2D eigenvalue weighted by atomic mass is 10.0. The van der Waals surface area contributed by atoms with Crippen molar-refractivity contribution < 1.29 is 38.3 Å². The maximum absolute atomic E-state index is 13.3. The summed E-state index contributed by atoms with van der Waals surface area (Å²) in [4.78, 5) is 89.1. The molecule has 0 radical (unpaired) electrons. The Kier molecular flexibility index (Phi) is 8.86. The number of carbonyl (C=O) groups is 6. The topological polar surface area (TPSA) is 223 Å². The van der Waals surface area contributed by atoms with E-state index in [-0.39, 0.29) is 59.9 Å². The van der Waals surface area contributed by atoms with Gasteiger partial charge in [0.05, 0.1) is 28.1 Å². The van der Waals surface area contributed by atoms with Gasteiger partial charge in [-0.2, -0.15) is 0 Å². The number of phenols is 1. The van der Waals surface area contributed by atoms with E-state index in [0.717, 1.165) is 4.90 Å². The standard InChI is InChI=1S/C36H29N7O9/c44-23-12-9-20-15-25(36(51)52-28(20)16-23)19-7-10-21(11-8-19)37-31(47)18-42-17-22(40-41-42)3-1-6-29(45)38-26-5-2-4-24-32(26)35(50)43(34(24)49)27-13-14-30(46)39-33(27)48/h2,4-5,7-12,15-17,27,44H,1,3,6,13-14,18H2,(H,37,47)(H,38,45)(H,39,46,48). The molecule has 1 fully saturated rings. The van der Waals surface area contributed by atoms with Gasteiger partial charge in [-0.3, -0.25) is 39.0 Å². The van der Waals surface area contributed by atoms with Crippen molar-refractivity contribution >= 4 is 57.8 Å². The predicted molar refractivity (Wildman–Crippen MR) is 183 cm³/mol. The van der Waals surface area contributed by atoms with Crippen LogP contribution in [0.1, 0.15) is 52.1 Å². The fourth-order valence-electron chi connectivity index (χ4n) is 6.17. The molecule has 4 N–H and O–H groups in total. The molecule has 0 bridgehead atoms. The number of amides is 6. The van der Waals surface area contributed by atoms with Gasteiger partial charge in [-0.1, -0.05) is 23.4 Å². The van der Waals surface area contributed by atoms with Gasteiger partial charge in [0.15, 0.2) is 0 Å². The second-order valence-electron chi connectivity index (χ2n) is 12.3. The number of aryl methyl sites for hydroxylation is 1. The smallest absolute Gasteiger partial charge is 0.344 e. The number of aromatic hydroxyl groups is 1. The number of anilines is 2. The summed E-state index contributed by atoms with van der Waals surface area (Å²) in [5.74, 6) is -3.37. The summed E-state index contributed by atoms with van der Waals surface area (Å²) in [6.45, 7) is -0.127. The Morgan fingerprint density at radius 2 is 1.73 bits per heavy atom. The molecule has 2 aromatic heterocycles. The monoisotopic (exact) mass is 703 g/mol. The molecule has 6 amide bonds. The normalized spacial score (nSPS) is 15.5. The number of hydrogen-bond acceptors (Lipinski definition) is 11. The van der Waals surface area contributed by atoms with Gasteiger partial charge in [0.25, 0.3) is 11.8 Å². The average molecular weight is 704 g/mol. The van der Waals surface area contributed by atoms with E-state index in [1.807, 2.05) is 0 Å². The van der Waals surface area contributed by atoms with Crippen LogP contribution in [0.15, 0.2) is 82.1 Å². The van der Waals surface area contributed by atoms with Crippen LogP contribution in [-0.4, -0.2) is 66.5 Å². The van der Waals surface area contributed by atoms with E-state index < -0.39 is 41.2 Å². The van der Waals surface area contributed by atoms with Crippen LogP contribution in [0.5, 0.6) is 5.75 Å². The molecule has 1 saturated heterocycles. The Labute approximate surface area is 293 Å². The molecule has 1 unspecified atom stereocenters. The van der Waals surface area contributed by atoms with Crippen LogP contribution in [0.4, 0.5) is 11.4 Å². The van der Waals surface area contributed by atoms with E-state index in [0.29, 0.717) is 40.7 Å². The van der Waals surface area contributed by atoms with Crippen molar-refractivity contribution in [2.24, 2.45) is 0 Å². The Hall–Kier alpha value is -6.97. The van der Waals surface area contributed by atoms with E-state index in [1.165, 1.54) is 35.0 Å². The number of rotatable bonds is 10. The van der Waals surface area contributed by atoms with Crippen LogP contribution in [0, 0.1) is 0 Å². The number of nitrogens with one attached hydrogen (secondary N) is 3. The molecule has 262 valence electrons. The molecule has 5 aromatic rings. The first-order valence-electron chi connectivity index (χ1n) is 16.2. The molecule has 52 heavy (non-hydrogen) atoms. The molecule has 0 saturated carbocycles. The van der Waals surface area contributed by atoms with Crippen LogP contribution < -0.4 is 21.6 Å². The minimum absolute atomic E-state index is 0.00505. The molecule has 0 aliphatic carbocycles. The average Bonchev–Trinajstić information content (AvgIpc) is 3.65. The van der Waals surface area contributed by atoms with Crippen molar-refractivity contribution in [3.05, 3.63) is 100 Å². The van der Waals surface area contributed by atoms with Gasteiger partial charge in [0.2, 0.25) is 23.6 Å². The number of aromatic nitrogens is 3. The van der Waals surface area contributed by atoms with Crippen LogP contribution in [0.25, 0.3) is 22.1 Å². The zero-order chi connectivity index (χ0) is 36.5. The number of hydrogen-bond donors (Lipinski definition) is 4. The Bertz CT molecular complexity index is 2360. The third-order valence-electron chi connectivity index (χ3n) is 8.67. The summed E-state index contributed by atoms with van der Waals surface area (Å²) in [6.07, 6.45) is 2.40. The molecule has 1 atom stereocenters. The number of piperidine rings is 1. The third-order valence-corrected chi connectivity index (χ3v) is 8.67. The summed E-state index contributed by atoms with van der Waals surface area (Å²) in [7, 11) is 0. The number of benzene rings is 3. The zero-order valence-electron chi connectivity index (χ0n) is 27.3. The lowest BCUT2D eigenvalue weighted by Crippen LogP contribution is -2.54. The van der Waals surface area contributed by atoms with Gasteiger partial charge >= 0.3 is 5.63 Å². The van der Waals surface area contributed by atoms with E-state index in [9.17, 15) is 38.7 Å². The number of imide groups is 2. The molecule has 3 aromatic carbocycles. The van der Waals surface area contributed by atoms with Gasteiger partial charge in [-0.25, -0.2) is 9.48 Å². The van der Waals surface area contributed by atoms with Crippen molar-refractivity contribution in [2.45, 2.75) is 44.7 Å². The lowest BCUT2D eigenvalue weighted by molar-refractivity contribution is -0.136. The number of carbonyl (C=O) groups excluding carboxylic acids is 6. The number of nitrogens with zero attached hydrogens (tertiary/aromatic N) is 4. The highest BCUT2D eigenvalue weighted by molar-refractivity contribution is 6.26. The highest BCUT2D eigenvalue weighted by atomic mass is 16.4. The van der Waals surface area contributed by atoms with Crippen molar-refractivity contribution in [3.8, 4) is 16.9 Å². The zero-order valence-corrected chi connectivity index (χ0v) is 27.3. The minimum Gasteiger partial charge on any atom is -0.508 e. The summed E-state index contributed by atoms with van der Waals surface area (Å²) >= 11 is 0. The second kappa shape index (κ2) is 13.7. The van der Waals surface area contributed by atoms with Crippen LogP contribution in [-0.2, 0) is 32.1 Å². The van der Waals surface area contributed by atoms with Crippen molar-refractivity contribution in [1.29, 1.82) is 0 Å². The lowest BCUT2D eigenvalue weighted by Gasteiger charge is -2.27. The van der Waals surface area contributed by atoms with E-state index in [4.69, 9.17) is 4.42 Å². The second-order valence-corrected chi connectivity index (χ2v) is 12.3. The molecular weight excluding hydrogens is 674 g/mol. The summed E-state index contributed by atoms with van der Waals surface area (Å²) < 4.78 is 6.70. The molecule has 16 heteroatoms. The van der Waals surface area contributed by atoms with Crippen LogP contribution in [0.2, 0.25) is 0 Å². The molecule has 2 aliphatic heterocycles. The predicted octanol–water partition coefficient (Wildman–Crippen LogP) is 2.76. The minimum atomic E-state index is -1.12. The van der Waals surface area contributed by atoms with Gasteiger partial charge in [0, 0.05) is 36.2 Å². The molecule has 2 aliphatic rings. The largest absolute Gasteiger partial charge is 0.508 e. The van der Waals surface area contributed by atoms with Crippen molar-refractivity contribution in [2.75, 3.05) is 10.6 Å². The summed E-state index contributed by atoms with van der Waals surface area (Å²) in [5.41, 5.74) is 1.86. The van der Waals surface area contributed by atoms with Gasteiger partial charge in [-0.05, 0) is 67.3 Å².